The topological polar surface area (TPSA) is 38.1 Å². The third-order valence-electron chi connectivity index (χ3n) is 4.37. The first-order valence-corrected chi connectivity index (χ1v) is 8.26. The number of hydrogen-bond donors (Lipinski definition) is 0. The van der Waals surface area contributed by atoms with E-state index in [0.29, 0.717) is 19.5 Å². The molecule has 0 aliphatic heterocycles. The molecule has 0 spiro atoms. The summed E-state index contributed by atoms with van der Waals surface area (Å²) in [6.45, 7) is 3.01. The fraction of sp³-hybridized carbons (Fsp3) is 0.412. The zero-order valence-electron chi connectivity index (χ0n) is 13.2. The zero-order valence-corrected chi connectivity index (χ0v) is 14.7. The quantitative estimate of drug-likeness (QED) is 0.773. The van der Waals surface area contributed by atoms with E-state index in [4.69, 9.17) is 23.2 Å². The highest BCUT2D eigenvalue weighted by Gasteiger charge is 2.68. The Bertz CT molecular complexity index is 714. The first kappa shape index (κ1) is 16.3. The number of carbonyl (C=O) groups excluding carboxylic acids is 1. The van der Waals surface area contributed by atoms with Crippen molar-refractivity contribution >= 4 is 29.1 Å². The molecule has 0 radical (unpaired) electrons. The Labute approximate surface area is 146 Å². The Balaban J connectivity index is 1.62. The van der Waals surface area contributed by atoms with Crippen LogP contribution in [-0.2, 0) is 17.9 Å². The predicted octanol–water partition coefficient (Wildman–Crippen LogP) is 3.47. The van der Waals surface area contributed by atoms with Crippen molar-refractivity contribution in [2.45, 2.75) is 30.8 Å². The second-order valence-electron chi connectivity index (χ2n) is 6.41. The number of alkyl halides is 2. The Morgan fingerprint density at radius 1 is 1.30 bits per heavy atom. The molecule has 1 amide bonds. The van der Waals surface area contributed by atoms with Crippen LogP contribution in [0.2, 0.25) is 0 Å². The molecular formula is C17H19Cl2N3O. The fourth-order valence-electron chi connectivity index (χ4n) is 2.74. The number of carbonyl (C=O) groups is 1. The van der Waals surface area contributed by atoms with Crippen LogP contribution in [0.4, 0.5) is 0 Å². The molecule has 2 aromatic rings. The van der Waals surface area contributed by atoms with Crippen LogP contribution in [0.5, 0.6) is 0 Å². The Hall–Kier alpha value is -1.52. The van der Waals surface area contributed by atoms with Gasteiger partial charge in [-0.3, -0.25) is 9.48 Å². The van der Waals surface area contributed by atoms with E-state index in [2.05, 4.69) is 17.2 Å². The molecule has 1 fully saturated rings. The molecule has 1 atom stereocenters. The molecule has 0 unspecified atom stereocenters. The van der Waals surface area contributed by atoms with Gasteiger partial charge in [0, 0.05) is 25.4 Å². The van der Waals surface area contributed by atoms with Crippen molar-refractivity contribution in [1.82, 2.24) is 14.7 Å². The van der Waals surface area contributed by atoms with Crippen LogP contribution in [0.1, 0.15) is 24.5 Å². The number of halogens is 2. The molecule has 4 nitrogen and oxygen atoms in total. The van der Waals surface area contributed by atoms with Crippen LogP contribution in [0.15, 0.2) is 42.7 Å². The van der Waals surface area contributed by atoms with Crippen LogP contribution in [0.25, 0.3) is 0 Å². The highest BCUT2D eigenvalue weighted by atomic mass is 35.5. The maximum absolute atomic E-state index is 12.5. The summed E-state index contributed by atoms with van der Waals surface area (Å²) in [6.07, 6.45) is 4.25. The van der Waals surface area contributed by atoms with Crippen molar-refractivity contribution in [2.24, 2.45) is 5.41 Å². The van der Waals surface area contributed by atoms with Gasteiger partial charge in [-0.2, -0.15) is 5.10 Å². The lowest BCUT2D eigenvalue weighted by Crippen LogP contribution is -2.34. The molecular weight excluding hydrogens is 333 g/mol. The van der Waals surface area contributed by atoms with E-state index in [1.807, 2.05) is 36.0 Å². The summed E-state index contributed by atoms with van der Waals surface area (Å²) in [5.74, 6) is -0.0293. The molecule has 0 saturated heterocycles. The largest absolute Gasteiger partial charge is 0.341 e. The van der Waals surface area contributed by atoms with Gasteiger partial charge in [0.05, 0.1) is 18.2 Å². The number of rotatable bonds is 5. The molecule has 1 heterocycles. The highest BCUT2D eigenvalue weighted by Crippen LogP contribution is 2.64. The molecule has 23 heavy (non-hydrogen) atoms. The van der Waals surface area contributed by atoms with Gasteiger partial charge in [0.1, 0.15) is 4.33 Å². The van der Waals surface area contributed by atoms with E-state index in [0.717, 1.165) is 5.56 Å². The molecule has 1 aromatic heterocycles. The molecule has 1 aromatic carbocycles. The number of benzene rings is 1. The number of hydrogen-bond acceptors (Lipinski definition) is 2. The molecule has 1 aliphatic carbocycles. The SMILES string of the molecule is CN(Cc1cnn(Cc2ccccc2)c1)C(=O)[C@]1(C)CC1(Cl)Cl. The van der Waals surface area contributed by atoms with Crippen molar-refractivity contribution in [3.63, 3.8) is 0 Å². The third-order valence-corrected chi connectivity index (χ3v) is 5.47. The van der Waals surface area contributed by atoms with Crippen LogP contribution < -0.4 is 0 Å². The average Bonchev–Trinajstić information content (AvgIpc) is 2.83. The highest BCUT2D eigenvalue weighted by molar-refractivity contribution is 6.53. The van der Waals surface area contributed by atoms with E-state index in [9.17, 15) is 4.79 Å². The minimum Gasteiger partial charge on any atom is -0.341 e. The zero-order chi connectivity index (χ0) is 16.7. The van der Waals surface area contributed by atoms with Crippen molar-refractivity contribution in [3.05, 3.63) is 53.9 Å². The first-order valence-electron chi connectivity index (χ1n) is 7.50. The summed E-state index contributed by atoms with van der Waals surface area (Å²) in [7, 11) is 1.77. The molecule has 3 rings (SSSR count). The smallest absolute Gasteiger partial charge is 0.231 e. The van der Waals surface area contributed by atoms with Crippen molar-refractivity contribution in [3.8, 4) is 0 Å². The lowest BCUT2D eigenvalue weighted by Gasteiger charge is -2.21. The van der Waals surface area contributed by atoms with E-state index in [-0.39, 0.29) is 5.91 Å². The average molecular weight is 352 g/mol. The minimum absolute atomic E-state index is 0.0293. The minimum atomic E-state index is -0.935. The van der Waals surface area contributed by atoms with Gasteiger partial charge in [-0.25, -0.2) is 0 Å². The lowest BCUT2D eigenvalue weighted by atomic mass is 10.1. The normalized spacial score (nSPS) is 21.9. The molecule has 0 bridgehead atoms. The van der Waals surface area contributed by atoms with Gasteiger partial charge < -0.3 is 4.90 Å². The van der Waals surface area contributed by atoms with E-state index in [1.54, 1.807) is 18.1 Å². The Morgan fingerprint density at radius 3 is 2.57 bits per heavy atom. The van der Waals surface area contributed by atoms with Crippen molar-refractivity contribution < 1.29 is 4.79 Å². The van der Waals surface area contributed by atoms with Crippen LogP contribution in [0, 0.1) is 5.41 Å². The van der Waals surface area contributed by atoms with Gasteiger partial charge in [-0.05, 0) is 18.9 Å². The van der Waals surface area contributed by atoms with Gasteiger partial charge >= 0.3 is 0 Å². The van der Waals surface area contributed by atoms with Gasteiger partial charge in [0.15, 0.2) is 0 Å². The van der Waals surface area contributed by atoms with Gasteiger partial charge in [0.25, 0.3) is 0 Å². The van der Waals surface area contributed by atoms with E-state index >= 15 is 0 Å². The first-order chi connectivity index (χ1) is 10.8. The predicted molar refractivity (Wildman–Crippen MR) is 91.4 cm³/mol. The van der Waals surface area contributed by atoms with Gasteiger partial charge in [-0.1, -0.05) is 30.3 Å². The van der Waals surface area contributed by atoms with Crippen molar-refractivity contribution in [2.75, 3.05) is 7.05 Å². The number of nitrogens with zero attached hydrogens (tertiary/aromatic N) is 3. The van der Waals surface area contributed by atoms with E-state index < -0.39 is 9.75 Å². The Kier molecular flexibility index (Phi) is 4.15. The van der Waals surface area contributed by atoms with Crippen LogP contribution in [-0.4, -0.2) is 32.0 Å². The summed E-state index contributed by atoms with van der Waals surface area (Å²) in [5, 5.41) is 4.36. The van der Waals surface area contributed by atoms with E-state index in [1.165, 1.54) is 5.56 Å². The summed E-state index contributed by atoms with van der Waals surface area (Å²) < 4.78 is 0.936. The molecule has 0 N–H and O–H groups in total. The Morgan fingerprint density at radius 2 is 1.96 bits per heavy atom. The summed E-state index contributed by atoms with van der Waals surface area (Å²) in [4.78, 5) is 14.1. The lowest BCUT2D eigenvalue weighted by molar-refractivity contribution is -0.135. The summed E-state index contributed by atoms with van der Waals surface area (Å²) >= 11 is 12.2. The summed E-state index contributed by atoms with van der Waals surface area (Å²) in [5.41, 5.74) is 1.49. The number of amides is 1. The molecule has 122 valence electrons. The fourth-order valence-corrected chi connectivity index (χ4v) is 3.44. The van der Waals surface area contributed by atoms with Crippen molar-refractivity contribution in [1.29, 1.82) is 0 Å². The van der Waals surface area contributed by atoms with Gasteiger partial charge in [0.2, 0.25) is 5.91 Å². The second kappa shape index (κ2) is 5.84. The summed E-state index contributed by atoms with van der Waals surface area (Å²) in [6, 6.07) is 10.1. The molecule has 1 saturated carbocycles. The van der Waals surface area contributed by atoms with Crippen LogP contribution in [0.3, 0.4) is 0 Å². The molecule has 6 heteroatoms. The maximum atomic E-state index is 12.5. The third kappa shape index (κ3) is 3.24. The molecule has 1 aliphatic rings. The van der Waals surface area contributed by atoms with Crippen LogP contribution >= 0.6 is 23.2 Å². The number of aromatic nitrogens is 2. The maximum Gasteiger partial charge on any atom is 0.231 e. The van der Waals surface area contributed by atoms with Gasteiger partial charge in [-0.15, -0.1) is 23.2 Å². The standard InChI is InChI=1S/C17H19Cl2N3O/c1-16(12-17(16,18)19)15(23)21(2)9-14-8-20-22(11-14)10-13-6-4-3-5-7-13/h3-8,11H,9-10,12H2,1-2H3/t16-/m0/s1. The monoisotopic (exact) mass is 351 g/mol. The second-order valence-corrected chi connectivity index (χ2v) is 7.89.